The molecule has 1 heterocycles. The van der Waals surface area contributed by atoms with Crippen LogP contribution in [-0.2, 0) is 6.42 Å². The molecule has 18 heavy (non-hydrogen) atoms. The van der Waals surface area contributed by atoms with Gasteiger partial charge in [0.15, 0.2) is 0 Å². The van der Waals surface area contributed by atoms with Crippen LogP contribution in [0.2, 0.25) is 0 Å². The molecule has 0 aromatic carbocycles. The highest BCUT2D eigenvalue weighted by molar-refractivity contribution is 7.14. The first-order valence-electron chi connectivity index (χ1n) is 5.84. The van der Waals surface area contributed by atoms with E-state index in [0.717, 1.165) is 16.9 Å². The number of carbonyl (C=O) groups is 1. The van der Waals surface area contributed by atoms with Crippen molar-refractivity contribution in [2.75, 3.05) is 14.1 Å². The van der Waals surface area contributed by atoms with E-state index in [1.54, 1.807) is 0 Å². The summed E-state index contributed by atoms with van der Waals surface area (Å²) < 4.78 is 0. The molecule has 0 fully saturated rings. The summed E-state index contributed by atoms with van der Waals surface area (Å²) in [5, 5.41) is 9.08. The molecule has 98 valence electrons. The van der Waals surface area contributed by atoms with Crippen LogP contribution in [0.1, 0.15) is 40.9 Å². The zero-order chi connectivity index (χ0) is 13.9. The lowest BCUT2D eigenvalue weighted by Crippen LogP contribution is -2.36. The van der Waals surface area contributed by atoms with E-state index in [1.807, 2.05) is 45.8 Å². The Morgan fingerprint density at radius 3 is 2.50 bits per heavy atom. The minimum absolute atomic E-state index is 0.222. The zero-order valence-corrected chi connectivity index (χ0v) is 12.3. The summed E-state index contributed by atoms with van der Waals surface area (Å²) in [7, 11) is 3.95. The first-order valence-corrected chi connectivity index (χ1v) is 6.66. The summed E-state index contributed by atoms with van der Waals surface area (Å²) in [4.78, 5) is 14.3. The predicted molar refractivity (Wildman–Crippen MR) is 75.3 cm³/mol. The lowest BCUT2D eigenvalue weighted by molar-refractivity contribution is 0.0701. The van der Waals surface area contributed by atoms with Crippen molar-refractivity contribution < 1.29 is 9.90 Å². The van der Waals surface area contributed by atoms with Crippen molar-refractivity contribution in [3.05, 3.63) is 21.4 Å². The van der Waals surface area contributed by atoms with E-state index in [1.165, 1.54) is 11.3 Å². The van der Waals surface area contributed by atoms with Gasteiger partial charge in [-0.05, 0) is 46.0 Å². The Balaban J connectivity index is 3.07. The number of aromatic carboxylic acids is 1. The average molecular weight is 265 g/mol. The third-order valence-electron chi connectivity index (χ3n) is 2.99. The lowest BCUT2D eigenvalue weighted by Gasteiger charge is -2.26. The van der Waals surface area contributed by atoms with Crippen LogP contribution in [0.15, 0.2) is 6.07 Å². The van der Waals surface area contributed by atoms with Gasteiger partial charge in [0.2, 0.25) is 0 Å². The van der Waals surface area contributed by atoms with Crippen molar-refractivity contribution >= 4 is 17.3 Å². The highest BCUT2D eigenvalue weighted by atomic mass is 32.1. The molecule has 0 atom stereocenters. The van der Waals surface area contributed by atoms with E-state index in [-0.39, 0.29) is 5.54 Å². The van der Waals surface area contributed by atoms with Gasteiger partial charge in [-0.3, -0.25) is 4.90 Å². The van der Waals surface area contributed by atoms with E-state index < -0.39 is 5.97 Å². The van der Waals surface area contributed by atoms with E-state index >= 15 is 0 Å². The normalized spacial score (nSPS) is 11.2. The molecule has 0 aliphatic rings. The summed E-state index contributed by atoms with van der Waals surface area (Å²) in [6.07, 6.45) is 0.719. The number of rotatable bonds is 3. The molecule has 1 N–H and O–H groups in total. The molecular weight excluding hydrogens is 246 g/mol. The molecule has 0 saturated carbocycles. The van der Waals surface area contributed by atoms with Gasteiger partial charge in [0.05, 0.1) is 10.4 Å². The summed E-state index contributed by atoms with van der Waals surface area (Å²) in [5.41, 5.74) is 0.638. The van der Waals surface area contributed by atoms with Crippen LogP contribution < -0.4 is 0 Å². The molecular formula is C14H19NO2S. The molecule has 1 aromatic heterocycles. The second-order valence-electron chi connectivity index (χ2n) is 4.83. The van der Waals surface area contributed by atoms with Gasteiger partial charge in [0.1, 0.15) is 4.88 Å². The SMILES string of the molecule is CCc1cc(C#CC(C)(C)N(C)C)sc1C(=O)O. The average Bonchev–Trinajstić information content (AvgIpc) is 2.69. The minimum Gasteiger partial charge on any atom is -0.477 e. The topological polar surface area (TPSA) is 40.5 Å². The maximum absolute atomic E-state index is 11.1. The van der Waals surface area contributed by atoms with Crippen molar-refractivity contribution in [1.29, 1.82) is 0 Å². The number of thiophene rings is 1. The first-order chi connectivity index (χ1) is 8.27. The quantitative estimate of drug-likeness (QED) is 0.854. The monoisotopic (exact) mass is 265 g/mol. The van der Waals surface area contributed by atoms with Gasteiger partial charge in [-0.2, -0.15) is 0 Å². The van der Waals surface area contributed by atoms with Gasteiger partial charge in [-0.25, -0.2) is 4.79 Å². The lowest BCUT2D eigenvalue weighted by atomic mass is 10.1. The van der Waals surface area contributed by atoms with Gasteiger partial charge in [0, 0.05) is 0 Å². The third-order valence-corrected chi connectivity index (χ3v) is 4.07. The summed E-state index contributed by atoms with van der Waals surface area (Å²) in [6.45, 7) is 6.02. The van der Waals surface area contributed by atoms with Crippen LogP contribution in [0.25, 0.3) is 0 Å². The molecule has 4 heteroatoms. The third kappa shape index (κ3) is 3.34. The van der Waals surface area contributed by atoms with Crippen LogP contribution in [0, 0.1) is 11.8 Å². The molecule has 0 aliphatic carbocycles. The van der Waals surface area contributed by atoms with Crippen LogP contribution in [-0.4, -0.2) is 35.6 Å². The van der Waals surface area contributed by atoms with Crippen molar-refractivity contribution in [3.8, 4) is 11.8 Å². The fraction of sp³-hybridized carbons (Fsp3) is 0.500. The van der Waals surface area contributed by atoms with Crippen LogP contribution >= 0.6 is 11.3 Å². The summed E-state index contributed by atoms with van der Waals surface area (Å²) >= 11 is 1.25. The Bertz CT molecular complexity index is 504. The molecule has 0 radical (unpaired) electrons. The van der Waals surface area contributed by atoms with Gasteiger partial charge in [-0.1, -0.05) is 18.8 Å². The van der Waals surface area contributed by atoms with E-state index in [2.05, 4.69) is 11.8 Å². The highest BCUT2D eigenvalue weighted by Crippen LogP contribution is 2.22. The van der Waals surface area contributed by atoms with E-state index in [9.17, 15) is 4.79 Å². The summed E-state index contributed by atoms with van der Waals surface area (Å²) in [5.74, 6) is 5.39. The molecule has 0 unspecified atom stereocenters. The van der Waals surface area contributed by atoms with Crippen LogP contribution in [0.3, 0.4) is 0 Å². The second kappa shape index (κ2) is 5.55. The first kappa shape index (κ1) is 14.7. The number of nitrogens with zero attached hydrogens (tertiary/aromatic N) is 1. The smallest absolute Gasteiger partial charge is 0.346 e. The Labute approximate surface area is 112 Å². The number of carboxylic acid groups (broad SMARTS) is 1. The molecule has 0 aliphatic heterocycles. The Morgan fingerprint density at radius 2 is 2.11 bits per heavy atom. The Kier molecular flexibility index (Phi) is 4.55. The molecule has 1 rings (SSSR count). The number of aryl methyl sites for hydroxylation is 1. The zero-order valence-electron chi connectivity index (χ0n) is 11.5. The van der Waals surface area contributed by atoms with Gasteiger partial charge >= 0.3 is 5.97 Å². The van der Waals surface area contributed by atoms with Crippen molar-refractivity contribution in [3.63, 3.8) is 0 Å². The Morgan fingerprint density at radius 1 is 1.50 bits per heavy atom. The molecule has 0 spiro atoms. The predicted octanol–water partition coefficient (Wildman–Crippen LogP) is 2.70. The van der Waals surface area contributed by atoms with E-state index in [4.69, 9.17) is 5.11 Å². The van der Waals surface area contributed by atoms with Gasteiger partial charge in [0.25, 0.3) is 0 Å². The maximum atomic E-state index is 11.1. The standard InChI is InChI=1S/C14H19NO2S/c1-6-10-9-11(18-12(10)13(16)17)7-8-14(2,3)15(4)5/h9H,6H2,1-5H3,(H,16,17). The van der Waals surface area contributed by atoms with Gasteiger partial charge < -0.3 is 5.11 Å². The largest absolute Gasteiger partial charge is 0.477 e. The number of hydrogen-bond acceptors (Lipinski definition) is 3. The van der Waals surface area contributed by atoms with E-state index in [0.29, 0.717) is 4.88 Å². The van der Waals surface area contributed by atoms with Crippen molar-refractivity contribution in [1.82, 2.24) is 4.90 Å². The van der Waals surface area contributed by atoms with Crippen LogP contribution in [0.4, 0.5) is 0 Å². The molecule has 0 amide bonds. The summed E-state index contributed by atoms with van der Waals surface area (Å²) in [6, 6.07) is 1.88. The van der Waals surface area contributed by atoms with Gasteiger partial charge in [-0.15, -0.1) is 11.3 Å². The molecule has 3 nitrogen and oxygen atoms in total. The fourth-order valence-electron chi connectivity index (χ4n) is 1.26. The highest BCUT2D eigenvalue weighted by Gasteiger charge is 2.17. The fourth-order valence-corrected chi connectivity index (χ4v) is 2.21. The Hall–Kier alpha value is -1.31. The molecule has 1 aromatic rings. The molecule has 0 bridgehead atoms. The molecule has 0 saturated heterocycles. The number of carboxylic acids is 1. The van der Waals surface area contributed by atoms with Crippen LogP contribution in [0.5, 0.6) is 0 Å². The minimum atomic E-state index is -0.864. The maximum Gasteiger partial charge on any atom is 0.346 e. The second-order valence-corrected chi connectivity index (χ2v) is 5.88. The van der Waals surface area contributed by atoms with Crippen molar-refractivity contribution in [2.45, 2.75) is 32.7 Å². The number of hydrogen-bond donors (Lipinski definition) is 1. The van der Waals surface area contributed by atoms with Crippen molar-refractivity contribution in [2.24, 2.45) is 0 Å².